The predicted molar refractivity (Wildman–Crippen MR) is 145 cm³/mol. The monoisotopic (exact) mass is 503 g/mol. The lowest BCUT2D eigenvalue weighted by Crippen LogP contribution is -2.20. The molecule has 0 fully saturated rings. The van der Waals surface area contributed by atoms with E-state index in [0.717, 1.165) is 62.8 Å². The molecule has 2 aromatic carbocycles. The van der Waals surface area contributed by atoms with Crippen LogP contribution in [0.1, 0.15) is 64.7 Å². The fourth-order valence-electron chi connectivity index (χ4n) is 4.36. The van der Waals surface area contributed by atoms with Gasteiger partial charge in [-0.15, -0.1) is 0 Å². The number of carbonyl (C=O) groups excluding carboxylic acids is 1. The maximum Gasteiger partial charge on any atom is 0.267 e. The Kier molecular flexibility index (Phi) is 7.84. The number of nitrogens with two attached hydrogens (primary N) is 1. The lowest BCUT2D eigenvalue weighted by Gasteiger charge is -2.15. The molecule has 0 aliphatic carbocycles. The number of aromatic nitrogens is 3. The van der Waals surface area contributed by atoms with E-state index in [0.29, 0.717) is 24.5 Å². The van der Waals surface area contributed by atoms with Crippen LogP contribution in [0.4, 0.5) is 5.88 Å². The number of hydrogen-bond acceptors (Lipinski definition) is 6. The highest BCUT2D eigenvalue weighted by atomic mass is 32.2. The molecule has 0 aliphatic heterocycles. The summed E-state index contributed by atoms with van der Waals surface area (Å²) in [6.07, 6.45) is 2.43. The fourth-order valence-corrected chi connectivity index (χ4v) is 5.19. The van der Waals surface area contributed by atoms with Crippen LogP contribution in [0.2, 0.25) is 0 Å². The summed E-state index contributed by atoms with van der Waals surface area (Å²) < 4.78 is 10.7. The van der Waals surface area contributed by atoms with Crippen LogP contribution in [-0.4, -0.2) is 20.6 Å². The van der Waals surface area contributed by atoms with Gasteiger partial charge in [-0.3, -0.25) is 9.52 Å². The molecule has 3 N–H and O–H groups in total. The Balaban J connectivity index is 1.63. The zero-order valence-corrected chi connectivity index (χ0v) is 22.3. The molecule has 0 bridgehead atoms. The van der Waals surface area contributed by atoms with Crippen LogP contribution in [0.25, 0.3) is 11.1 Å². The molecule has 0 atom stereocenters. The summed E-state index contributed by atoms with van der Waals surface area (Å²) in [5.74, 6) is 1.15. The SMILES string of the molecule is CCCc1nc(CC)c(C(N)=O)n1Cc1ccc(-c2ccccc2SNc2onc(C)c2C)c(C)c1. The molecule has 0 radical (unpaired) electrons. The van der Waals surface area contributed by atoms with E-state index in [1.165, 1.54) is 11.9 Å². The van der Waals surface area contributed by atoms with Gasteiger partial charge in [0.05, 0.1) is 11.4 Å². The van der Waals surface area contributed by atoms with Crippen LogP contribution >= 0.6 is 11.9 Å². The average molecular weight is 504 g/mol. The molecule has 2 aromatic heterocycles. The van der Waals surface area contributed by atoms with E-state index in [1.807, 2.05) is 37.5 Å². The number of primary amides is 1. The van der Waals surface area contributed by atoms with Gasteiger partial charge < -0.3 is 14.8 Å². The van der Waals surface area contributed by atoms with Crippen LogP contribution in [-0.2, 0) is 19.4 Å². The third-order valence-corrected chi connectivity index (χ3v) is 7.24. The first-order valence-corrected chi connectivity index (χ1v) is 13.1. The molecule has 36 heavy (non-hydrogen) atoms. The minimum Gasteiger partial charge on any atom is -0.364 e. The summed E-state index contributed by atoms with van der Waals surface area (Å²) in [4.78, 5) is 18.1. The van der Waals surface area contributed by atoms with Gasteiger partial charge in [-0.1, -0.05) is 55.4 Å². The van der Waals surface area contributed by atoms with Crippen LogP contribution in [0.15, 0.2) is 51.9 Å². The van der Waals surface area contributed by atoms with Crippen molar-refractivity contribution in [2.24, 2.45) is 5.73 Å². The second kappa shape index (κ2) is 11.0. The van der Waals surface area contributed by atoms with Crippen LogP contribution in [0.5, 0.6) is 0 Å². The lowest BCUT2D eigenvalue weighted by molar-refractivity contribution is 0.0990. The van der Waals surface area contributed by atoms with E-state index >= 15 is 0 Å². The molecule has 0 aliphatic rings. The van der Waals surface area contributed by atoms with Gasteiger partial charge in [0.25, 0.3) is 5.91 Å². The minimum atomic E-state index is -0.425. The summed E-state index contributed by atoms with van der Waals surface area (Å²) in [5.41, 5.74) is 13.5. The van der Waals surface area contributed by atoms with E-state index in [4.69, 9.17) is 15.2 Å². The quantitative estimate of drug-likeness (QED) is 0.248. The van der Waals surface area contributed by atoms with Crippen LogP contribution in [0.3, 0.4) is 0 Å². The Morgan fingerprint density at radius 2 is 1.89 bits per heavy atom. The highest BCUT2D eigenvalue weighted by Crippen LogP contribution is 2.35. The molecule has 0 saturated heterocycles. The first-order valence-electron chi connectivity index (χ1n) is 12.3. The summed E-state index contributed by atoms with van der Waals surface area (Å²) in [7, 11) is 0. The summed E-state index contributed by atoms with van der Waals surface area (Å²) in [6.45, 7) is 10.7. The molecule has 1 amide bonds. The topological polar surface area (TPSA) is 99.0 Å². The van der Waals surface area contributed by atoms with Crippen molar-refractivity contribution in [3.8, 4) is 11.1 Å². The van der Waals surface area contributed by atoms with Crippen molar-refractivity contribution in [1.29, 1.82) is 0 Å². The van der Waals surface area contributed by atoms with Crippen molar-refractivity contribution in [3.63, 3.8) is 0 Å². The standard InChI is InChI=1S/C28H33N5O2S/c1-6-10-25-30-23(7-2)26(27(29)34)33(25)16-20-13-14-21(17(3)15-20)22-11-8-9-12-24(22)36-32-28-18(4)19(5)31-35-28/h8-9,11-15,32H,6-7,10,16H2,1-5H3,(H2,29,34). The molecule has 0 saturated carbocycles. The number of nitrogens with one attached hydrogen (secondary N) is 1. The predicted octanol–water partition coefficient (Wildman–Crippen LogP) is 6.24. The van der Waals surface area contributed by atoms with Gasteiger partial charge in [0, 0.05) is 23.4 Å². The normalized spacial score (nSPS) is 11.1. The summed E-state index contributed by atoms with van der Waals surface area (Å²) >= 11 is 1.51. The Morgan fingerprint density at radius 1 is 1.11 bits per heavy atom. The molecule has 4 rings (SSSR count). The number of aryl methyl sites for hydroxylation is 4. The summed E-state index contributed by atoms with van der Waals surface area (Å²) in [5, 5.41) is 4.02. The van der Waals surface area contributed by atoms with Gasteiger partial charge in [-0.2, -0.15) is 0 Å². The molecular weight excluding hydrogens is 470 g/mol. The number of anilines is 1. The molecule has 7 nitrogen and oxygen atoms in total. The van der Waals surface area contributed by atoms with Gasteiger partial charge in [0.15, 0.2) is 0 Å². The fraction of sp³-hybridized carbons (Fsp3) is 0.321. The molecule has 0 unspecified atom stereocenters. The van der Waals surface area contributed by atoms with Crippen molar-refractivity contribution in [2.45, 2.75) is 65.3 Å². The number of nitrogens with zero attached hydrogens (tertiary/aromatic N) is 3. The minimum absolute atomic E-state index is 0.425. The van der Waals surface area contributed by atoms with Crippen LogP contribution < -0.4 is 10.5 Å². The molecule has 0 spiro atoms. The van der Waals surface area contributed by atoms with E-state index in [9.17, 15) is 4.79 Å². The van der Waals surface area contributed by atoms with E-state index in [2.05, 4.69) is 54.1 Å². The van der Waals surface area contributed by atoms with E-state index < -0.39 is 5.91 Å². The number of hydrogen-bond donors (Lipinski definition) is 2. The van der Waals surface area contributed by atoms with Crippen molar-refractivity contribution in [1.82, 2.24) is 14.7 Å². The highest BCUT2D eigenvalue weighted by Gasteiger charge is 2.20. The summed E-state index contributed by atoms with van der Waals surface area (Å²) in [6, 6.07) is 14.7. The van der Waals surface area contributed by atoms with Gasteiger partial charge in [0.1, 0.15) is 11.5 Å². The number of imidazole rings is 1. The number of rotatable bonds is 10. The smallest absolute Gasteiger partial charge is 0.267 e. The lowest BCUT2D eigenvalue weighted by atomic mass is 9.98. The largest absolute Gasteiger partial charge is 0.364 e. The van der Waals surface area contributed by atoms with Crippen molar-refractivity contribution in [3.05, 3.63) is 82.1 Å². The first-order chi connectivity index (χ1) is 17.3. The Labute approximate surface area is 216 Å². The Hall–Kier alpha value is -3.52. The molecule has 2 heterocycles. The zero-order chi connectivity index (χ0) is 25.8. The number of carbonyl (C=O) groups is 1. The second-order valence-electron chi connectivity index (χ2n) is 8.95. The maximum absolute atomic E-state index is 12.3. The van der Waals surface area contributed by atoms with Crippen molar-refractivity contribution >= 4 is 23.7 Å². The third-order valence-electron chi connectivity index (χ3n) is 6.38. The maximum atomic E-state index is 12.3. The molecule has 4 aromatic rings. The third kappa shape index (κ3) is 5.18. The van der Waals surface area contributed by atoms with Crippen molar-refractivity contribution < 1.29 is 9.32 Å². The van der Waals surface area contributed by atoms with E-state index in [1.54, 1.807) is 0 Å². The molecular formula is C28H33N5O2S. The van der Waals surface area contributed by atoms with Gasteiger partial charge in [0.2, 0.25) is 5.88 Å². The van der Waals surface area contributed by atoms with Crippen molar-refractivity contribution in [2.75, 3.05) is 4.72 Å². The van der Waals surface area contributed by atoms with Gasteiger partial charge in [-0.05, 0) is 73.9 Å². The average Bonchev–Trinajstić information content (AvgIpc) is 3.37. The first kappa shape index (κ1) is 25.6. The van der Waals surface area contributed by atoms with Crippen LogP contribution in [0, 0.1) is 20.8 Å². The Bertz CT molecular complexity index is 1390. The zero-order valence-electron chi connectivity index (χ0n) is 21.5. The van der Waals surface area contributed by atoms with E-state index in [-0.39, 0.29) is 0 Å². The number of amides is 1. The second-order valence-corrected chi connectivity index (χ2v) is 9.80. The molecule has 188 valence electrons. The Morgan fingerprint density at radius 3 is 2.53 bits per heavy atom. The van der Waals surface area contributed by atoms with Gasteiger partial charge >= 0.3 is 0 Å². The number of benzene rings is 2. The molecule has 8 heteroatoms. The highest BCUT2D eigenvalue weighted by molar-refractivity contribution is 8.00. The van der Waals surface area contributed by atoms with Gasteiger partial charge in [-0.25, -0.2) is 4.98 Å².